The van der Waals surface area contributed by atoms with Crippen LogP contribution in [0.1, 0.15) is 15.9 Å². The normalized spacial score (nSPS) is 11.0. The fourth-order valence-electron chi connectivity index (χ4n) is 2.73. The van der Waals surface area contributed by atoms with Crippen molar-refractivity contribution in [3.05, 3.63) is 94.0 Å². The Morgan fingerprint density at radius 2 is 1.67 bits per heavy atom. The van der Waals surface area contributed by atoms with Crippen LogP contribution < -0.4 is 5.32 Å². The van der Waals surface area contributed by atoms with E-state index in [0.717, 1.165) is 34.9 Å². The number of rotatable bonds is 7. The van der Waals surface area contributed by atoms with E-state index in [1.54, 1.807) is 30.3 Å². The molecule has 3 aromatic rings. The van der Waals surface area contributed by atoms with E-state index in [-0.39, 0.29) is 11.3 Å². The number of ether oxygens (including phenoxy) is 1. The van der Waals surface area contributed by atoms with Gasteiger partial charge < -0.3 is 10.1 Å². The second-order valence-corrected chi connectivity index (χ2v) is 7.64. The highest BCUT2D eigenvalue weighted by Crippen LogP contribution is 2.35. The first-order valence-electron chi connectivity index (χ1n) is 9.29. The number of carbonyl (C=O) groups is 2. The number of anilines is 1. The number of alkyl halides is 3. The number of halogens is 3. The molecule has 0 radical (unpaired) electrons. The Kier molecular flexibility index (Phi) is 7.34. The fourth-order valence-corrected chi connectivity index (χ4v) is 3.67. The van der Waals surface area contributed by atoms with E-state index in [4.69, 9.17) is 4.74 Å². The molecule has 0 saturated carbocycles. The molecule has 3 aromatic carbocycles. The van der Waals surface area contributed by atoms with Gasteiger partial charge in [-0.1, -0.05) is 42.1 Å². The summed E-state index contributed by atoms with van der Waals surface area (Å²) >= 11 is 1.16. The second-order valence-electron chi connectivity index (χ2n) is 6.52. The van der Waals surface area contributed by atoms with Crippen LogP contribution in [0.4, 0.5) is 24.5 Å². The van der Waals surface area contributed by atoms with Crippen molar-refractivity contribution in [3.63, 3.8) is 0 Å². The minimum Gasteiger partial charge on any atom is -0.452 e. The van der Waals surface area contributed by atoms with E-state index >= 15 is 0 Å². The smallest absolute Gasteiger partial charge is 0.418 e. The number of benzene rings is 3. The molecule has 0 unspecified atom stereocenters. The lowest BCUT2D eigenvalue weighted by molar-refractivity contribution is -0.384. The van der Waals surface area contributed by atoms with Gasteiger partial charge in [-0.15, -0.1) is 0 Å². The van der Waals surface area contributed by atoms with Gasteiger partial charge in [-0.2, -0.15) is 13.2 Å². The number of hydrogen-bond donors (Lipinski definition) is 1. The molecule has 0 heterocycles. The first kappa shape index (κ1) is 23.8. The Hall–Kier alpha value is -3.86. The Morgan fingerprint density at radius 3 is 2.33 bits per heavy atom. The van der Waals surface area contributed by atoms with E-state index in [9.17, 15) is 32.9 Å². The number of nitro groups is 1. The lowest BCUT2D eigenvalue weighted by Crippen LogP contribution is -2.23. The highest BCUT2D eigenvalue weighted by atomic mass is 32.2. The summed E-state index contributed by atoms with van der Waals surface area (Å²) in [6, 6.07) is 16.9. The monoisotopic (exact) mass is 476 g/mol. The van der Waals surface area contributed by atoms with Crippen LogP contribution in [0.2, 0.25) is 0 Å². The van der Waals surface area contributed by atoms with E-state index in [0.29, 0.717) is 4.90 Å². The molecular weight excluding hydrogens is 461 g/mol. The van der Waals surface area contributed by atoms with E-state index in [1.807, 2.05) is 0 Å². The maximum Gasteiger partial charge on any atom is 0.418 e. The van der Waals surface area contributed by atoms with Gasteiger partial charge in [0.25, 0.3) is 11.6 Å². The average molecular weight is 476 g/mol. The SMILES string of the molecule is O=C(COC(=O)c1cc([N+](=O)[O-])ccc1Sc1ccccc1)Nc1ccccc1C(F)(F)F. The maximum atomic E-state index is 13.1. The van der Waals surface area contributed by atoms with Crippen LogP contribution in [-0.4, -0.2) is 23.4 Å². The van der Waals surface area contributed by atoms with Crippen molar-refractivity contribution >= 4 is 35.0 Å². The predicted octanol–water partition coefficient (Wildman–Crippen LogP) is 5.56. The summed E-state index contributed by atoms with van der Waals surface area (Å²) in [6.45, 7) is -0.886. The Morgan fingerprint density at radius 1 is 1.00 bits per heavy atom. The first-order valence-corrected chi connectivity index (χ1v) is 10.1. The summed E-state index contributed by atoms with van der Waals surface area (Å²) in [7, 11) is 0. The third kappa shape index (κ3) is 6.32. The minimum atomic E-state index is -4.69. The van der Waals surface area contributed by atoms with Gasteiger partial charge in [0.1, 0.15) is 0 Å². The third-order valence-electron chi connectivity index (χ3n) is 4.21. The molecule has 11 heteroatoms. The van der Waals surface area contributed by atoms with Crippen LogP contribution in [0, 0.1) is 10.1 Å². The largest absolute Gasteiger partial charge is 0.452 e. The Labute approximate surface area is 189 Å². The molecule has 7 nitrogen and oxygen atoms in total. The van der Waals surface area contributed by atoms with Crippen molar-refractivity contribution < 1.29 is 32.4 Å². The minimum absolute atomic E-state index is 0.151. The van der Waals surface area contributed by atoms with Gasteiger partial charge in [0.2, 0.25) is 0 Å². The molecule has 0 aliphatic carbocycles. The highest BCUT2D eigenvalue weighted by molar-refractivity contribution is 7.99. The number of non-ortho nitro benzene ring substituents is 1. The highest BCUT2D eigenvalue weighted by Gasteiger charge is 2.33. The van der Waals surface area contributed by atoms with Gasteiger partial charge in [-0.05, 0) is 30.3 Å². The zero-order valence-electron chi connectivity index (χ0n) is 16.7. The summed E-state index contributed by atoms with van der Waals surface area (Å²) < 4.78 is 44.1. The van der Waals surface area contributed by atoms with E-state index < -0.39 is 40.8 Å². The van der Waals surface area contributed by atoms with Crippen LogP contribution in [-0.2, 0) is 15.7 Å². The summed E-state index contributed by atoms with van der Waals surface area (Å²) in [6.07, 6.45) is -4.69. The molecule has 0 fully saturated rings. The zero-order valence-corrected chi connectivity index (χ0v) is 17.5. The number of esters is 1. The number of nitrogens with zero attached hydrogens (tertiary/aromatic N) is 1. The van der Waals surface area contributed by atoms with Crippen molar-refractivity contribution in [1.29, 1.82) is 0 Å². The Bertz CT molecular complexity index is 1190. The number of amides is 1. The maximum absolute atomic E-state index is 13.1. The molecule has 33 heavy (non-hydrogen) atoms. The lowest BCUT2D eigenvalue weighted by atomic mass is 10.1. The Balaban J connectivity index is 1.75. The van der Waals surface area contributed by atoms with Crippen molar-refractivity contribution in [2.75, 3.05) is 11.9 Å². The number of nitro benzene ring substituents is 1. The molecule has 3 rings (SSSR count). The molecule has 0 atom stereocenters. The molecule has 170 valence electrons. The quantitative estimate of drug-likeness (QED) is 0.272. The molecule has 0 saturated heterocycles. The molecule has 1 amide bonds. The number of carbonyl (C=O) groups excluding carboxylic acids is 2. The molecular formula is C22H15F3N2O5S. The van der Waals surface area contributed by atoms with Gasteiger partial charge in [0.15, 0.2) is 6.61 Å². The van der Waals surface area contributed by atoms with Gasteiger partial charge in [-0.25, -0.2) is 4.79 Å². The number of nitrogens with one attached hydrogen (secondary N) is 1. The number of para-hydroxylation sites is 1. The summed E-state index contributed by atoms with van der Waals surface area (Å²) in [5.74, 6) is -2.03. The molecule has 0 aliphatic rings. The summed E-state index contributed by atoms with van der Waals surface area (Å²) in [5.41, 5.74) is -2.05. The van der Waals surface area contributed by atoms with Crippen molar-refractivity contribution in [2.24, 2.45) is 0 Å². The van der Waals surface area contributed by atoms with Crippen LogP contribution in [0.3, 0.4) is 0 Å². The zero-order chi connectivity index (χ0) is 24.0. The van der Waals surface area contributed by atoms with Crippen molar-refractivity contribution in [2.45, 2.75) is 16.0 Å². The summed E-state index contributed by atoms with van der Waals surface area (Å²) in [4.78, 5) is 36.2. The van der Waals surface area contributed by atoms with Crippen molar-refractivity contribution in [1.82, 2.24) is 0 Å². The van der Waals surface area contributed by atoms with Gasteiger partial charge in [0, 0.05) is 21.9 Å². The number of hydrogen-bond acceptors (Lipinski definition) is 6. The molecule has 1 N–H and O–H groups in total. The molecule has 0 aliphatic heterocycles. The van der Waals surface area contributed by atoms with E-state index in [2.05, 4.69) is 5.32 Å². The van der Waals surface area contributed by atoms with Gasteiger partial charge >= 0.3 is 12.1 Å². The third-order valence-corrected chi connectivity index (χ3v) is 5.29. The lowest BCUT2D eigenvalue weighted by Gasteiger charge is -2.14. The standard InChI is InChI=1S/C22H15F3N2O5S/c23-22(24,25)17-8-4-5-9-18(17)26-20(28)13-32-21(29)16-12-14(27(30)31)10-11-19(16)33-15-6-2-1-3-7-15/h1-12H,13H2,(H,26,28). The molecule has 0 bridgehead atoms. The van der Waals surface area contributed by atoms with E-state index in [1.165, 1.54) is 24.3 Å². The topological polar surface area (TPSA) is 98.5 Å². The fraction of sp³-hybridized carbons (Fsp3) is 0.0909. The summed E-state index contributed by atoms with van der Waals surface area (Å²) in [5, 5.41) is 13.2. The van der Waals surface area contributed by atoms with Crippen molar-refractivity contribution in [3.8, 4) is 0 Å². The van der Waals surface area contributed by atoms with Crippen LogP contribution in [0.5, 0.6) is 0 Å². The van der Waals surface area contributed by atoms with Gasteiger partial charge in [-0.3, -0.25) is 14.9 Å². The van der Waals surface area contributed by atoms with Crippen LogP contribution in [0.15, 0.2) is 82.6 Å². The first-order chi connectivity index (χ1) is 15.6. The molecule has 0 aromatic heterocycles. The molecule has 0 spiro atoms. The second kappa shape index (κ2) is 10.2. The predicted molar refractivity (Wildman–Crippen MR) is 114 cm³/mol. The average Bonchev–Trinajstić information content (AvgIpc) is 2.78. The van der Waals surface area contributed by atoms with Crippen LogP contribution in [0.25, 0.3) is 0 Å². The van der Waals surface area contributed by atoms with Gasteiger partial charge in [0.05, 0.1) is 21.7 Å². The van der Waals surface area contributed by atoms with Crippen LogP contribution >= 0.6 is 11.8 Å².